The monoisotopic (exact) mass is 115 g/mol. The van der Waals surface area contributed by atoms with Gasteiger partial charge in [-0.25, -0.2) is 4.79 Å². The second-order valence-electron chi connectivity index (χ2n) is 1.01. The number of nitrogens with zero attached hydrogens (tertiary/aromatic N) is 1. The number of rotatable bonds is 2. The number of carbonyl (C=O) groups is 1. The van der Waals surface area contributed by atoms with Crippen molar-refractivity contribution < 1.29 is 14.3 Å². The molecule has 0 N–H and O–H groups in total. The molecule has 0 spiro atoms. The molecule has 44 valence electrons. The molecule has 0 rings (SSSR count). The van der Waals surface area contributed by atoms with Gasteiger partial charge in [0.05, 0.1) is 0 Å². The summed E-state index contributed by atoms with van der Waals surface area (Å²) in [5.74, 6) is -0.455. The minimum atomic E-state index is -0.455. The third-order valence-electron chi connectivity index (χ3n) is 0.397. The zero-order chi connectivity index (χ0) is 6.41. The number of aliphatic imine (C=N–C) groups is 1. The van der Waals surface area contributed by atoms with Gasteiger partial charge >= 0.3 is 5.97 Å². The van der Waals surface area contributed by atoms with E-state index < -0.39 is 5.97 Å². The van der Waals surface area contributed by atoms with E-state index in [0.29, 0.717) is 0 Å². The number of isocyanates is 1. The lowest BCUT2D eigenvalue weighted by molar-refractivity contribution is -0.140. The van der Waals surface area contributed by atoms with E-state index in [2.05, 4.69) is 9.73 Å². The molecule has 0 aliphatic carbocycles. The van der Waals surface area contributed by atoms with Gasteiger partial charge < -0.3 is 4.74 Å². The first-order valence-corrected chi connectivity index (χ1v) is 1.94. The number of hydrogen-bond donors (Lipinski definition) is 0. The summed E-state index contributed by atoms with van der Waals surface area (Å²) in [5.41, 5.74) is 0. The van der Waals surface area contributed by atoms with Crippen LogP contribution in [0.25, 0.3) is 0 Å². The summed E-state index contributed by atoms with van der Waals surface area (Å²) >= 11 is 0. The molecule has 0 fully saturated rings. The van der Waals surface area contributed by atoms with E-state index in [1.807, 2.05) is 0 Å². The second-order valence-corrected chi connectivity index (χ2v) is 1.01. The minimum Gasteiger partial charge on any atom is -0.442 e. The van der Waals surface area contributed by atoms with Crippen molar-refractivity contribution in [3.63, 3.8) is 0 Å². The Morgan fingerprint density at radius 3 is 2.88 bits per heavy atom. The first-order valence-electron chi connectivity index (χ1n) is 1.94. The fraction of sp³-hybridized carbons (Fsp3) is 0.500. The van der Waals surface area contributed by atoms with Gasteiger partial charge in [0.2, 0.25) is 6.08 Å². The molecule has 0 aromatic carbocycles. The first kappa shape index (κ1) is 6.85. The lowest BCUT2D eigenvalue weighted by Crippen LogP contribution is -1.96. The van der Waals surface area contributed by atoms with E-state index in [1.165, 1.54) is 13.0 Å². The standard InChI is InChI=1S/C4H5NO3/c1-4(7)8-3-5-2-6/h3H2,1H3. The van der Waals surface area contributed by atoms with Gasteiger partial charge in [0, 0.05) is 6.92 Å². The van der Waals surface area contributed by atoms with Crippen molar-refractivity contribution >= 4 is 12.0 Å². The first-order chi connectivity index (χ1) is 3.77. The van der Waals surface area contributed by atoms with Crippen molar-refractivity contribution in [3.8, 4) is 0 Å². The largest absolute Gasteiger partial charge is 0.442 e. The Hall–Kier alpha value is -1.15. The fourth-order valence-corrected chi connectivity index (χ4v) is 0.150. The highest BCUT2D eigenvalue weighted by molar-refractivity contribution is 5.65. The third kappa shape index (κ3) is 4.85. The average Bonchev–Trinajstić information content (AvgIpc) is 1.66. The van der Waals surface area contributed by atoms with Crippen LogP contribution in [-0.2, 0) is 14.3 Å². The molecule has 0 aliphatic heterocycles. The molecule has 0 heterocycles. The summed E-state index contributed by atoms with van der Waals surface area (Å²) in [6.07, 6.45) is 1.22. The molecule has 0 radical (unpaired) electrons. The third-order valence-corrected chi connectivity index (χ3v) is 0.397. The van der Waals surface area contributed by atoms with Crippen LogP contribution in [-0.4, -0.2) is 18.8 Å². The van der Waals surface area contributed by atoms with E-state index in [-0.39, 0.29) is 6.73 Å². The molecule has 0 aromatic heterocycles. The molecule has 0 bridgehead atoms. The number of esters is 1. The number of hydrogen-bond acceptors (Lipinski definition) is 4. The summed E-state index contributed by atoms with van der Waals surface area (Å²) in [4.78, 5) is 22.2. The molecular weight excluding hydrogens is 110 g/mol. The molecule has 0 aliphatic rings. The van der Waals surface area contributed by atoms with E-state index in [0.717, 1.165) is 0 Å². The van der Waals surface area contributed by atoms with Gasteiger partial charge in [-0.05, 0) is 0 Å². The SMILES string of the molecule is CC(=O)OCN=C=O. The highest BCUT2D eigenvalue weighted by Gasteiger charge is 1.85. The molecule has 0 saturated carbocycles. The van der Waals surface area contributed by atoms with Crippen LogP contribution >= 0.6 is 0 Å². The van der Waals surface area contributed by atoms with Gasteiger partial charge in [-0.3, -0.25) is 4.79 Å². The second kappa shape index (κ2) is 4.02. The Labute approximate surface area is 46.2 Å². The summed E-state index contributed by atoms with van der Waals surface area (Å²) in [5, 5.41) is 0. The topological polar surface area (TPSA) is 55.7 Å². The van der Waals surface area contributed by atoms with Crippen LogP contribution in [0, 0.1) is 0 Å². The molecular formula is C4H5NO3. The lowest BCUT2D eigenvalue weighted by atomic mass is 10.8. The van der Waals surface area contributed by atoms with Crippen molar-refractivity contribution in [2.24, 2.45) is 4.99 Å². The Bertz CT molecular complexity index is 123. The van der Waals surface area contributed by atoms with E-state index >= 15 is 0 Å². The molecule has 0 aromatic rings. The molecule has 0 atom stereocenters. The highest BCUT2D eigenvalue weighted by atomic mass is 16.5. The predicted molar refractivity (Wildman–Crippen MR) is 24.8 cm³/mol. The lowest BCUT2D eigenvalue weighted by Gasteiger charge is -1.89. The van der Waals surface area contributed by atoms with Gasteiger partial charge in [-0.2, -0.15) is 4.99 Å². The highest BCUT2D eigenvalue weighted by Crippen LogP contribution is 1.73. The van der Waals surface area contributed by atoms with Crippen molar-refractivity contribution in [2.75, 3.05) is 6.73 Å². The van der Waals surface area contributed by atoms with Crippen LogP contribution in [0.3, 0.4) is 0 Å². The van der Waals surface area contributed by atoms with Crippen LogP contribution in [0.2, 0.25) is 0 Å². The smallest absolute Gasteiger partial charge is 0.304 e. The van der Waals surface area contributed by atoms with Gasteiger partial charge in [-0.1, -0.05) is 0 Å². The van der Waals surface area contributed by atoms with Crippen LogP contribution in [0.1, 0.15) is 6.92 Å². The van der Waals surface area contributed by atoms with Crippen molar-refractivity contribution in [1.29, 1.82) is 0 Å². The summed E-state index contributed by atoms with van der Waals surface area (Å²) < 4.78 is 4.21. The van der Waals surface area contributed by atoms with Crippen molar-refractivity contribution in [3.05, 3.63) is 0 Å². The quantitative estimate of drug-likeness (QED) is 0.285. The van der Waals surface area contributed by atoms with Crippen LogP contribution in [0.5, 0.6) is 0 Å². The van der Waals surface area contributed by atoms with E-state index in [1.54, 1.807) is 0 Å². The summed E-state index contributed by atoms with van der Waals surface area (Å²) in [6, 6.07) is 0. The van der Waals surface area contributed by atoms with Gasteiger partial charge in [0.25, 0.3) is 0 Å². The summed E-state index contributed by atoms with van der Waals surface area (Å²) in [6.45, 7) is 1.01. The zero-order valence-electron chi connectivity index (χ0n) is 4.38. The van der Waals surface area contributed by atoms with Crippen molar-refractivity contribution in [2.45, 2.75) is 6.92 Å². The van der Waals surface area contributed by atoms with Gasteiger partial charge in [-0.15, -0.1) is 0 Å². The maximum atomic E-state index is 9.91. The Morgan fingerprint density at radius 2 is 2.50 bits per heavy atom. The van der Waals surface area contributed by atoms with Gasteiger partial charge in [0.1, 0.15) is 0 Å². The predicted octanol–water partition coefficient (Wildman–Crippen LogP) is -0.157. The maximum Gasteiger partial charge on any atom is 0.304 e. The van der Waals surface area contributed by atoms with E-state index in [4.69, 9.17) is 0 Å². The molecule has 4 nitrogen and oxygen atoms in total. The van der Waals surface area contributed by atoms with Crippen molar-refractivity contribution in [1.82, 2.24) is 0 Å². The van der Waals surface area contributed by atoms with Crippen LogP contribution in [0.4, 0.5) is 0 Å². The number of carbonyl (C=O) groups excluding carboxylic acids is 2. The van der Waals surface area contributed by atoms with Crippen LogP contribution in [0.15, 0.2) is 4.99 Å². The zero-order valence-corrected chi connectivity index (χ0v) is 4.38. The molecule has 8 heavy (non-hydrogen) atoms. The Morgan fingerprint density at radius 1 is 1.88 bits per heavy atom. The molecule has 0 saturated heterocycles. The fourth-order valence-electron chi connectivity index (χ4n) is 0.150. The van der Waals surface area contributed by atoms with Crippen LogP contribution < -0.4 is 0 Å². The molecule has 4 heteroatoms. The molecule has 0 amide bonds. The Kier molecular flexibility index (Phi) is 3.44. The normalized spacial score (nSPS) is 7.12. The Balaban J connectivity index is 3.18. The maximum absolute atomic E-state index is 9.91. The van der Waals surface area contributed by atoms with E-state index in [9.17, 15) is 9.59 Å². The minimum absolute atomic E-state index is 0.223. The average molecular weight is 115 g/mol. The summed E-state index contributed by atoms with van der Waals surface area (Å²) in [7, 11) is 0. The molecule has 0 unspecified atom stereocenters. The van der Waals surface area contributed by atoms with Gasteiger partial charge in [0.15, 0.2) is 6.73 Å². The number of ether oxygens (including phenoxy) is 1.